The van der Waals surface area contributed by atoms with Gasteiger partial charge in [0.15, 0.2) is 0 Å². The number of carboxylic acids is 1. The lowest BCUT2D eigenvalue weighted by Gasteiger charge is -2.40. The van der Waals surface area contributed by atoms with Crippen LogP contribution in [0.5, 0.6) is 0 Å². The van der Waals surface area contributed by atoms with Gasteiger partial charge in [-0.2, -0.15) is 0 Å². The number of carboxylic acid groups (broad SMARTS) is 1. The molecule has 6 saturated carbocycles. The second kappa shape index (κ2) is 16.6. The zero-order valence-electron chi connectivity index (χ0n) is 43.3. The molecule has 2 amide bonds. The molecule has 6 aliphatic carbocycles. The minimum Gasteiger partial charge on any atom is -0.481 e. The first-order chi connectivity index (χ1) is 35.4. The number of ether oxygens (including phenoxy) is 6. The van der Waals surface area contributed by atoms with Crippen molar-refractivity contribution >= 4 is 41.7 Å². The number of imide groups is 1. The Kier molecular flexibility index (Phi) is 10.8. The third-order valence-electron chi connectivity index (χ3n) is 22.7. The quantitative estimate of drug-likeness (QED) is 0.0734. The molecule has 0 aromatic heterocycles. The largest absolute Gasteiger partial charge is 0.481 e. The smallest absolute Gasteiger partial charge is 0.317 e. The fourth-order valence-corrected chi connectivity index (χ4v) is 20.2. The van der Waals surface area contributed by atoms with Crippen molar-refractivity contribution in [2.45, 2.75) is 148 Å². The van der Waals surface area contributed by atoms with Gasteiger partial charge in [0.25, 0.3) is 0 Å². The molecule has 0 aromatic rings. The summed E-state index contributed by atoms with van der Waals surface area (Å²) in [5.41, 5.74) is 6.53. The number of nitrogens with zero attached hydrogens (tertiary/aromatic N) is 1. The molecule has 0 spiro atoms. The van der Waals surface area contributed by atoms with Gasteiger partial charge in [0.2, 0.25) is 11.8 Å². The molecule has 8 aliphatic heterocycles. The van der Waals surface area contributed by atoms with E-state index in [4.69, 9.17) is 28.4 Å². The van der Waals surface area contributed by atoms with Gasteiger partial charge < -0.3 is 38.6 Å². The topological polar surface area (TPSA) is 219 Å². The third-order valence-corrected chi connectivity index (χ3v) is 22.7. The first-order valence-corrected chi connectivity index (χ1v) is 28.3. The predicted octanol–water partition coefficient (Wildman–Crippen LogP) is 5.38. The molecular weight excluding hydrogens is 951 g/mol. The van der Waals surface area contributed by atoms with Crippen LogP contribution in [-0.4, -0.2) is 119 Å². The Bertz CT molecular complexity index is 2660. The molecule has 14 rings (SSSR count). The van der Waals surface area contributed by atoms with Crippen molar-refractivity contribution in [1.29, 1.82) is 0 Å². The van der Waals surface area contributed by atoms with Gasteiger partial charge >= 0.3 is 29.8 Å². The monoisotopic (exact) mass is 1020 g/mol. The summed E-state index contributed by atoms with van der Waals surface area (Å²) in [5.74, 6) is -5.29. The summed E-state index contributed by atoms with van der Waals surface area (Å²) in [5, 5.41) is 20.0. The average Bonchev–Trinajstić information content (AvgIpc) is 4.19. The fraction of sp³-hybridized carbons (Fsp3) is 0.776. The van der Waals surface area contributed by atoms with Gasteiger partial charge in [-0.1, -0.05) is 6.92 Å². The number of cyclic esters (lactones) is 2. The predicted molar refractivity (Wildman–Crippen MR) is 256 cm³/mol. The number of carbonyl (C=O) groups excluding carboxylic acids is 6. The third kappa shape index (κ3) is 6.55. The molecule has 0 aromatic carbocycles. The number of likely N-dealkylation sites (tertiary alicyclic amines) is 1. The molecule has 74 heavy (non-hydrogen) atoms. The summed E-state index contributed by atoms with van der Waals surface area (Å²) in [4.78, 5) is 96.0. The summed E-state index contributed by atoms with van der Waals surface area (Å²) < 4.78 is 38.2. The molecule has 12 bridgehead atoms. The van der Waals surface area contributed by atoms with E-state index in [1.54, 1.807) is 13.8 Å². The number of rotatable bonds is 14. The van der Waals surface area contributed by atoms with Gasteiger partial charge in [0.05, 0.1) is 84.7 Å². The van der Waals surface area contributed by atoms with Crippen molar-refractivity contribution in [1.82, 2.24) is 4.90 Å². The molecule has 398 valence electrons. The maximum absolute atomic E-state index is 14.6. The number of fused-ring (bicyclic) bond motifs is 27. The zero-order chi connectivity index (χ0) is 51.5. The van der Waals surface area contributed by atoms with Crippen LogP contribution in [0.2, 0.25) is 0 Å². The van der Waals surface area contributed by atoms with E-state index in [-0.39, 0.29) is 158 Å². The van der Waals surface area contributed by atoms with Crippen molar-refractivity contribution in [3.05, 3.63) is 33.4 Å². The van der Waals surface area contributed by atoms with E-state index < -0.39 is 59.2 Å². The average molecular weight is 1020 g/mol. The molecule has 25 atom stereocenters. The lowest BCUT2D eigenvalue weighted by Crippen LogP contribution is -2.42. The van der Waals surface area contributed by atoms with E-state index in [9.17, 15) is 43.8 Å². The van der Waals surface area contributed by atoms with E-state index in [0.29, 0.717) is 31.1 Å². The minimum absolute atomic E-state index is 0.00574. The number of hydrogen-bond acceptors (Lipinski definition) is 14. The van der Waals surface area contributed by atoms with E-state index in [1.165, 1.54) is 27.2 Å². The molecule has 5 saturated heterocycles. The molecule has 0 radical (unpaired) electrons. The van der Waals surface area contributed by atoms with Crippen LogP contribution in [0.3, 0.4) is 0 Å². The van der Waals surface area contributed by atoms with Gasteiger partial charge in [-0.05, 0) is 203 Å². The Labute approximate surface area is 431 Å². The van der Waals surface area contributed by atoms with E-state index in [1.807, 2.05) is 20.8 Å². The highest BCUT2D eigenvalue weighted by atomic mass is 16.6. The number of hydrogen-bond donors (Lipinski definition) is 2. The van der Waals surface area contributed by atoms with Crippen LogP contribution in [0.4, 0.5) is 0 Å². The summed E-state index contributed by atoms with van der Waals surface area (Å²) >= 11 is 0. The highest BCUT2D eigenvalue weighted by Crippen LogP contribution is 2.71. The molecule has 2 N–H and O–H groups in total. The van der Waals surface area contributed by atoms with E-state index >= 15 is 0 Å². The Hall–Kier alpha value is -4.25. The van der Waals surface area contributed by atoms with Crippen LogP contribution in [0.1, 0.15) is 106 Å². The van der Waals surface area contributed by atoms with E-state index in [0.717, 1.165) is 43.3 Å². The van der Waals surface area contributed by atoms with Crippen LogP contribution < -0.4 is 0 Å². The Morgan fingerprint density at radius 2 is 1.11 bits per heavy atom. The van der Waals surface area contributed by atoms with Crippen molar-refractivity contribution in [2.24, 2.45) is 112 Å². The lowest BCUT2D eigenvalue weighted by molar-refractivity contribution is -0.163. The highest BCUT2D eigenvalue weighted by molar-refractivity contribution is 6.06. The number of aliphatic hydroxyl groups excluding tert-OH is 1. The van der Waals surface area contributed by atoms with Crippen molar-refractivity contribution in [2.75, 3.05) is 19.8 Å². The second-order valence-electron chi connectivity index (χ2n) is 26.5. The van der Waals surface area contributed by atoms with Gasteiger partial charge in [-0.3, -0.25) is 38.5 Å². The maximum Gasteiger partial charge on any atom is 0.317 e. The number of carbonyl (C=O) groups is 7. The van der Waals surface area contributed by atoms with Crippen molar-refractivity contribution in [3.8, 4) is 0 Å². The summed E-state index contributed by atoms with van der Waals surface area (Å²) in [6.45, 7) is 11.3. The Morgan fingerprint density at radius 3 is 1.66 bits per heavy atom. The summed E-state index contributed by atoms with van der Waals surface area (Å²) in [6, 6.07) is 0. The van der Waals surface area contributed by atoms with Gasteiger partial charge in [-0.15, -0.1) is 0 Å². The molecule has 16 heteroatoms. The van der Waals surface area contributed by atoms with Crippen LogP contribution in [0, 0.1) is 112 Å². The Balaban J connectivity index is 0.850. The molecular formula is C58H71NO15. The number of esters is 4. The van der Waals surface area contributed by atoms with Gasteiger partial charge in [0.1, 0.15) is 12.2 Å². The van der Waals surface area contributed by atoms with Crippen LogP contribution in [0.15, 0.2) is 33.4 Å². The standard InChI is InChI=1S/C58H71NO15/c1-7-59-51(61)34(17-26-21(3)54(65)73-56(26)67)35(52(59)62)19-33-31(48-40-22-10-27(36(13-22)53(63)64)42(40)50(33)72-48)18-32-30(47-41-24-12-28(44(41)49(32)71-47)37(14-24)55(66)69-9-8-60)16-25-20(2)45-39-23-11-29(43(39)46(25)70-45)38(15-23)57(68)74-58(4,5)6/h21-24,26-29,34-50,60H,7-19H2,1-6H3,(H,63,64). The second-order valence-corrected chi connectivity index (χ2v) is 26.5. The SMILES string of the molecule is CCN1C(=O)C(CC2=C(CC3=C(CC4=C(C)C5OC4C4C6CC(CC6C(=O)OC(C)(C)C)C54)C4OC3C3C5CC(CC5C(=O)OCCO)C43)C3OC2C2C4CC(CC4C(=O)O)C32)C(CC2C(=O)OC(=O)C2C)C1=O. The van der Waals surface area contributed by atoms with Crippen molar-refractivity contribution < 1.29 is 72.2 Å². The molecule has 8 heterocycles. The number of amides is 2. The summed E-state index contributed by atoms with van der Waals surface area (Å²) in [7, 11) is 0. The van der Waals surface area contributed by atoms with Crippen LogP contribution in [-0.2, 0) is 62.0 Å². The fourth-order valence-electron chi connectivity index (χ4n) is 20.2. The van der Waals surface area contributed by atoms with E-state index in [2.05, 4.69) is 6.92 Å². The zero-order valence-corrected chi connectivity index (χ0v) is 43.3. The van der Waals surface area contributed by atoms with Crippen LogP contribution >= 0.6 is 0 Å². The summed E-state index contributed by atoms with van der Waals surface area (Å²) in [6.07, 6.45) is 5.02. The van der Waals surface area contributed by atoms with Gasteiger partial charge in [0, 0.05) is 6.54 Å². The molecule has 11 fully saturated rings. The van der Waals surface area contributed by atoms with Gasteiger partial charge in [-0.25, -0.2) is 0 Å². The normalized spacial score (nSPS) is 48.2. The minimum atomic E-state index is -0.862. The molecule has 25 unspecified atom stereocenters. The maximum atomic E-state index is 14.6. The molecule has 14 aliphatic rings. The lowest BCUT2D eigenvalue weighted by atomic mass is 9.61. The number of aliphatic carboxylic acids is 1. The number of aliphatic hydroxyl groups is 1. The highest BCUT2D eigenvalue weighted by Gasteiger charge is 2.71. The van der Waals surface area contributed by atoms with Crippen LogP contribution in [0.25, 0.3) is 0 Å². The first-order valence-electron chi connectivity index (χ1n) is 28.3. The molecule has 16 nitrogen and oxygen atoms in total. The van der Waals surface area contributed by atoms with Crippen molar-refractivity contribution in [3.63, 3.8) is 0 Å². The Morgan fingerprint density at radius 1 is 0.622 bits per heavy atom. The first kappa shape index (κ1) is 48.1.